The van der Waals surface area contributed by atoms with Crippen molar-refractivity contribution in [3.63, 3.8) is 0 Å². The number of Topliss-reactive ketones (excluding diaryl/α,β-unsaturated/α-hetero) is 1. The Kier molecular flexibility index (Phi) is 3.13. The van der Waals surface area contributed by atoms with E-state index in [1.807, 2.05) is 35.9 Å². The molecule has 19 heavy (non-hydrogen) atoms. The summed E-state index contributed by atoms with van der Waals surface area (Å²) >= 11 is 1.43. The Labute approximate surface area is 114 Å². The lowest BCUT2D eigenvalue weighted by Crippen LogP contribution is -2.05. The molecule has 2 aromatic heterocycles. The van der Waals surface area contributed by atoms with Crippen LogP contribution in [0.1, 0.15) is 23.1 Å². The van der Waals surface area contributed by atoms with Crippen LogP contribution in [0.3, 0.4) is 0 Å². The number of carbonyl (C=O) groups excluding carboxylic acids is 1. The van der Waals surface area contributed by atoms with Crippen molar-refractivity contribution < 1.29 is 4.79 Å². The van der Waals surface area contributed by atoms with E-state index in [1.165, 1.54) is 11.3 Å². The second kappa shape index (κ2) is 4.93. The van der Waals surface area contributed by atoms with Gasteiger partial charge in [0.15, 0.2) is 5.78 Å². The molecule has 0 aliphatic heterocycles. The van der Waals surface area contributed by atoms with E-state index in [0.717, 1.165) is 23.1 Å². The van der Waals surface area contributed by atoms with E-state index < -0.39 is 0 Å². The van der Waals surface area contributed by atoms with E-state index >= 15 is 0 Å². The Hall–Kier alpha value is -2.01. The van der Waals surface area contributed by atoms with Gasteiger partial charge in [0.05, 0.1) is 23.1 Å². The van der Waals surface area contributed by atoms with Gasteiger partial charge in [-0.2, -0.15) is 5.10 Å². The molecule has 2 heterocycles. The Bertz CT molecular complexity index is 715. The molecule has 0 N–H and O–H groups in total. The van der Waals surface area contributed by atoms with Crippen LogP contribution >= 0.6 is 11.3 Å². The molecule has 3 rings (SSSR count). The summed E-state index contributed by atoms with van der Waals surface area (Å²) in [5.74, 6) is 0.0211. The molecule has 0 radical (unpaired) electrons. The molecule has 0 spiro atoms. The highest BCUT2D eigenvalue weighted by molar-refractivity contribution is 7.07. The fraction of sp³-hybridized carbons (Fsp3) is 0.214. The van der Waals surface area contributed by atoms with Crippen molar-refractivity contribution in [2.24, 2.45) is 0 Å². The van der Waals surface area contributed by atoms with Crippen molar-refractivity contribution in [1.29, 1.82) is 0 Å². The smallest absolute Gasteiger partial charge is 0.188 e. The SMILES string of the molecule is CCn1nc(CC(=O)c2cscn2)c2ccccc21. The van der Waals surface area contributed by atoms with Gasteiger partial charge in [-0.15, -0.1) is 11.3 Å². The maximum absolute atomic E-state index is 12.1. The van der Waals surface area contributed by atoms with E-state index in [0.29, 0.717) is 12.1 Å². The minimum absolute atomic E-state index is 0.0211. The first-order valence-corrected chi connectivity index (χ1v) is 7.09. The number of thiazole rings is 1. The maximum atomic E-state index is 12.1. The average molecular weight is 271 g/mol. The number of hydrogen-bond donors (Lipinski definition) is 0. The summed E-state index contributed by atoms with van der Waals surface area (Å²) in [4.78, 5) is 16.2. The fourth-order valence-electron chi connectivity index (χ4n) is 2.16. The standard InChI is InChI=1S/C14H13N3OS/c1-2-17-13-6-4-3-5-10(13)11(16-17)7-14(18)12-8-19-9-15-12/h3-6,8-9H,2,7H2,1H3. The highest BCUT2D eigenvalue weighted by Crippen LogP contribution is 2.20. The highest BCUT2D eigenvalue weighted by Gasteiger charge is 2.15. The van der Waals surface area contributed by atoms with Gasteiger partial charge in [-0.3, -0.25) is 9.48 Å². The van der Waals surface area contributed by atoms with Gasteiger partial charge in [-0.25, -0.2) is 4.98 Å². The van der Waals surface area contributed by atoms with Gasteiger partial charge in [0.2, 0.25) is 0 Å². The quantitative estimate of drug-likeness (QED) is 0.685. The molecule has 4 nitrogen and oxygen atoms in total. The van der Waals surface area contributed by atoms with Crippen LogP contribution < -0.4 is 0 Å². The molecule has 0 fully saturated rings. The highest BCUT2D eigenvalue weighted by atomic mass is 32.1. The predicted molar refractivity (Wildman–Crippen MR) is 75.6 cm³/mol. The molecule has 0 amide bonds. The molecule has 1 aromatic carbocycles. The summed E-state index contributed by atoms with van der Waals surface area (Å²) in [6, 6.07) is 8.00. The summed E-state index contributed by atoms with van der Waals surface area (Å²) in [7, 11) is 0. The molecule has 0 bridgehead atoms. The Balaban J connectivity index is 1.99. The molecule has 0 atom stereocenters. The normalized spacial score (nSPS) is 11.0. The molecule has 5 heteroatoms. The topological polar surface area (TPSA) is 47.8 Å². The minimum Gasteiger partial charge on any atom is -0.292 e. The van der Waals surface area contributed by atoms with E-state index in [4.69, 9.17) is 0 Å². The first kappa shape index (κ1) is 12.0. The predicted octanol–water partition coefficient (Wildman–Crippen LogP) is 2.94. The van der Waals surface area contributed by atoms with Crippen LogP contribution in [0, 0.1) is 0 Å². The zero-order valence-corrected chi connectivity index (χ0v) is 11.4. The number of aryl methyl sites for hydroxylation is 1. The molecule has 0 unspecified atom stereocenters. The van der Waals surface area contributed by atoms with Gasteiger partial charge >= 0.3 is 0 Å². The number of carbonyl (C=O) groups is 1. The van der Waals surface area contributed by atoms with Gasteiger partial charge in [0.1, 0.15) is 5.69 Å². The van der Waals surface area contributed by atoms with Crippen molar-refractivity contribution in [1.82, 2.24) is 14.8 Å². The third kappa shape index (κ3) is 2.17. The third-order valence-electron chi connectivity index (χ3n) is 3.08. The van der Waals surface area contributed by atoms with Crippen LogP contribution in [0.2, 0.25) is 0 Å². The summed E-state index contributed by atoms with van der Waals surface area (Å²) in [5.41, 5.74) is 4.11. The first-order chi connectivity index (χ1) is 9.29. The number of para-hydroxylation sites is 1. The lowest BCUT2D eigenvalue weighted by Gasteiger charge is -1.95. The number of rotatable bonds is 4. The molecule has 0 aliphatic rings. The summed E-state index contributed by atoms with van der Waals surface area (Å²) in [5, 5.41) is 7.36. The zero-order chi connectivity index (χ0) is 13.2. The summed E-state index contributed by atoms with van der Waals surface area (Å²) in [6.45, 7) is 2.84. The molecule has 96 valence electrons. The van der Waals surface area contributed by atoms with Crippen molar-refractivity contribution >= 4 is 28.0 Å². The van der Waals surface area contributed by atoms with E-state index in [1.54, 1.807) is 10.9 Å². The van der Waals surface area contributed by atoms with Crippen LogP contribution in [0.15, 0.2) is 35.2 Å². The van der Waals surface area contributed by atoms with Crippen LogP contribution in [-0.2, 0) is 13.0 Å². The van der Waals surface area contributed by atoms with Gasteiger partial charge in [-0.1, -0.05) is 18.2 Å². The van der Waals surface area contributed by atoms with Crippen molar-refractivity contribution in [2.75, 3.05) is 0 Å². The number of fused-ring (bicyclic) bond motifs is 1. The summed E-state index contributed by atoms with van der Waals surface area (Å²) < 4.78 is 1.93. The Morgan fingerprint density at radius 3 is 2.95 bits per heavy atom. The van der Waals surface area contributed by atoms with Gasteiger partial charge in [0, 0.05) is 17.3 Å². The average Bonchev–Trinajstić information content (AvgIpc) is 3.07. The molecule has 3 aromatic rings. The lowest BCUT2D eigenvalue weighted by molar-refractivity contribution is 0.0988. The molecular formula is C14H13N3OS. The number of ketones is 1. The van der Waals surface area contributed by atoms with Gasteiger partial charge < -0.3 is 0 Å². The number of hydrogen-bond acceptors (Lipinski definition) is 4. The largest absolute Gasteiger partial charge is 0.292 e. The Morgan fingerprint density at radius 1 is 1.37 bits per heavy atom. The number of aromatic nitrogens is 3. The van der Waals surface area contributed by atoms with Crippen molar-refractivity contribution in [3.05, 3.63) is 46.5 Å². The van der Waals surface area contributed by atoms with E-state index in [-0.39, 0.29) is 5.78 Å². The monoisotopic (exact) mass is 271 g/mol. The van der Waals surface area contributed by atoms with Crippen LogP contribution in [0.5, 0.6) is 0 Å². The molecule has 0 saturated heterocycles. The van der Waals surface area contributed by atoms with Crippen molar-refractivity contribution in [3.8, 4) is 0 Å². The van der Waals surface area contributed by atoms with Crippen LogP contribution in [0.25, 0.3) is 10.9 Å². The second-order valence-electron chi connectivity index (χ2n) is 4.25. The molecule has 0 saturated carbocycles. The molecule has 0 aliphatic carbocycles. The fourth-order valence-corrected chi connectivity index (χ4v) is 2.72. The van der Waals surface area contributed by atoms with Crippen LogP contribution in [-0.4, -0.2) is 20.5 Å². The number of nitrogens with zero attached hydrogens (tertiary/aromatic N) is 3. The zero-order valence-electron chi connectivity index (χ0n) is 10.5. The maximum Gasteiger partial charge on any atom is 0.188 e. The minimum atomic E-state index is 0.0211. The summed E-state index contributed by atoms with van der Waals surface area (Å²) in [6.07, 6.45) is 0.303. The van der Waals surface area contributed by atoms with Crippen LogP contribution in [0.4, 0.5) is 0 Å². The Morgan fingerprint density at radius 2 is 2.21 bits per heavy atom. The van der Waals surface area contributed by atoms with E-state index in [2.05, 4.69) is 10.1 Å². The third-order valence-corrected chi connectivity index (χ3v) is 3.67. The van der Waals surface area contributed by atoms with Gasteiger partial charge in [0.25, 0.3) is 0 Å². The second-order valence-corrected chi connectivity index (χ2v) is 4.97. The lowest BCUT2D eigenvalue weighted by atomic mass is 10.1. The number of benzene rings is 1. The van der Waals surface area contributed by atoms with E-state index in [9.17, 15) is 4.79 Å². The van der Waals surface area contributed by atoms with Crippen molar-refractivity contribution in [2.45, 2.75) is 19.9 Å². The van der Waals surface area contributed by atoms with Gasteiger partial charge in [-0.05, 0) is 13.0 Å². The first-order valence-electron chi connectivity index (χ1n) is 6.15. The molecular weight excluding hydrogens is 258 g/mol.